The molecule has 48 heavy (non-hydrogen) atoms. The molecule has 0 saturated heterocycles. The fourth-order valence-electron chi connectivity index (χ4n) is 5.43. The number of carbonyl (C=O) groups is 2. The van der Waals surface area contributed by atoms with Crippen LogP contribution in [-0.2, 0) is 27.9 Å². The monoisotopic (exact) mass is 704 g/mol. The van der Waals surface area contributed by atoms with Gasteiger partial charge in [0.15, 0.2) is 0 Å². The van der Waals surface area contributed by atoms with Gasteiger partial charge in [-0.2, -0.15) is 0 Å². The molecule has 0 rings (SSSR count). The van der Waals surface area contributed by atoms with Gasteiger partial charge in [-0.3, -0.25) is 18.6 Å². The quantitative estimate of drug-likeness (QED) is 0.0252. The molecule has 3 N–H and O–H groups in total. The Morgan fingerprint density at radius 2 is 1.06 bits per heavy atom. The van der Waals surface area contributed by atoms with Gasteiger partial charge in [0.05, 0.1) is 13.2 Å². The van der Waals surface area contributed by atoms with E-state index in [1.54, 1.807) is 0 Å². The summed E-state index contributed by atoms with van der Waals surface area (Å²) in [5, 5.41) is 12.6. The van der Waals surface area contributed by atoms with Gasteiger partial charge >= 0.3 is 13.8 Å². The zero-order chi connectivity index (χ0) is 35.4. The van der Waals surface area contributed by atoms with Crippen LogP contribution < -0.4 is 5.32 Å². The van der Waals surface area contributed by atoms with Gasteiger partial charge in [0.2, 0.25) is 5.91 Å². The fourth-order valence-corrected chi connectivity index (χ4v) is 6.19. The van der Waals surface area contributed by atoms with Crippen LogP contribution in [0.15, 0.2) is 12.2 Å². The molecular weight excluding hydrogens is 629 g/mol. The van der Waals surface area contributed by atoms with Crippen molar-refractivity contribution in [2.24, 2.45) is 0 Å². The number of phosphoric acid groups is 1. The van der Waals surface area contributed by atoms with Crippen molar-refractivity contribution in [3.05, 3.63) is 12.2 Å². The Kier molecular flexibility index (Phi) is 34.6. The lowest BCUT2D eigenvalue weighted by Crippen LogP contribution is -2.27. The third kappa shape index (κ3) is 36.0. The highest BCUT2D eigenvalue weighted by Gasteiger charge is 2.23. The Hall–Kier alpha value is -1.25. The number of nitrogens with one attached hydrogen (secondary N) is 1. The summed E-state index contributed by atoms with van der Waals surface area (Å²) in [6.45, 7) is 3.53. The standard InChI is InChI=1S/C38H74NO8P/c1-3-5-7-9-11-13-15-16-17-18-19-21-22-24-26-28-30-37(41)39-32-33-46-48(43,44)47-35-36(40)34-45-38(42)31-29-27-25-23-20-14-12-10-8-6-4-2/h17-18,36,40H,3-16,19-35H2,1-2H3,(H,39,41)(H,43,44)/b18-17-. The van der Waals surface area contributed by atoms with E-state index in [1.807, 2.05) is 0 Å². The number of allylic oxidation sites excluding steroid dienone is 2. The molecular formula is C38H74NO8P. The highest BCUT2D eigenvalue weighted by molar-refractivity contribution is 7.47. The van der Waals surface area contributed by atoms with Crippen LogP contribution in [0.1, 0.15) is 187 Å². The van der Waals surface area contributed by atoms with Crippen molar-refractivity contribution in [2.45, 2.75) is 193 Å². The van der Waals surface area contributed by atoms with Gasteiger partial charge in [-0.1, -0.05) is 148 Å². The van der Waals surface area contributed by atoms with E-state index in [-0.39, 0.29) is 32.1 Å². The van der Waals surface area contributed by atoms with Crippen LogP contribution in [0.25, 0.3) is 0 Å². The number of phosphoric ester groups is 1. The van der Waals surface area contributed by atoms with Crippen LogP contribution in [0.5, 0.6) is 0 Å². The molecule has 0 bridgehead atoms. The molecule has 0 heterocycles. The average Bonchev–Trinajstić information content (AvgIpc) is 3.07. The number of rotatable bonds is 37. The molecule has 2 atom stereocenters. The minimum absolute atomic E-state index is 0.0805. The molecule has 2 unspecified atom stereocenters. The Morgan fingerprint density at radius 3 is 1.56 bits per heavy atom. The fraction of sp³-hybridized carbons (Fsp3) is 0.895. The third-order valence-electron chi connectivity index (χ3n) is 8.45. The van der Waals surface area contributed by atoms with Crippen molar-refractivity contribution in [1.29, 1.82) is 0 Å². The van der Waals surface area contributed by atoms with Crippen LogP contribution >= 0.6 is 7.82 Å². The molecule has 0 aliphatic rings. The summed E-state index contributed by atoms with van der Waals surface area (Å²) in [6, 6.07) is 0. The number of esters is 1. The summed E-state index contributed by atoms with van der Waals surface area (Å²) >= 11 is 0. The van der Waals surface area contributed by atoms with Gasteiger partial charge in [-0.15, -0.1) is 0 Å². The summed E-state index contributed by atoms with van der Waals surface area (Å²) in [7, 11) is -4.41. The predicted molar refractivity (Wildman–Crippen MR) is 197 cm³/mol. The van der Waals surface area contributed by atoms with Gasteiger partial charge in [0, 0.05) is 19.4 Å². The Balaban J connectivity index is 3.61. The molecule has 284 valence electrons. The lowest BCUT2D eigenvalue weighted by molar-refractivity contribution is -0.147. The minimum atomic E-state index is -4.41. The molecule has 0 aliphatic heterocycles. The maximum absolute atomic E-state index is 12.0. The van der Waals surface area contributed by atoms with E-state index in [1.165, 1.54) is 116 Å². The van der Waals surface area contributed by atoms with Crippen molar-refractivity contribution in [2.75, 3.05) is 26.4 Å². The Morgan fingerprint density at radius 1 is 0.625 bits per heavy atom. The zero-order valence-corrected chi connectivity index (χ0v) is 31.8. The van der Waals surface area contributed by atoms with Crippen molar-refractivity contribution < 1.29 is 37.9 Å². The van der Waals surface area contributed by atoms with Crippen molar-refractivity contribution in [3.63, 3.8) is 0 Å². The summed E-state index contributed by atoms with van der Waals surface area (Å²) in [5.74, 6) is -0.521. The number of carbonyl (C=O) groups excluding carboxylic acids is 2. The van der Waals surface area contributed by atoms with Crippen molar-refractivity contribution >= 4 is 19.7 Å². The zero-order valence-electron chi connectivity index (χ0n) is 30.9. The third-order valence-corrected chi connectivity index (χ3v) is 9.43. The predicted octanol–water partition coefficient (Wildman–Crippen LogP) is 10.3. The molecule has 0 fully saturated rings. The molecule has 0 aliphatic carbocycles. The molecule has 0 radical (unpaired) electrons. The molecule has 0 saturated carbocycles. The maximum atomic E-state index is 12.0. The number of hydrogen-bond donors (Lipinski definition) is 3. The van der Waals surface area contributed by atoms with E-state index in [4.69, 9.17) is 13.8 Å². The van der Waals surface area contributed by atoms with Gasteiger partial charge in [-0.05, 0) is 38.5 Å². The van der Waals surface area contributed by atoms with E-state index in [9.17, 15) is 24.2 Å². The average molecular weight is 704 g/mol. The topological polar surface area (TPSA) is 131 Å². The summed E-state index contributed by atoms with van der Waals surface area (Å²) in [5.41, 5.74) is 0. The van der Waals surface area contributed by atoms with Crippen LogP contribution in [0.4, 0.5) is 0 Å². The van der Waals surface area contributed by atoms with E-state index in [0.29, 0.717) is 6.42 Å². The van der Waals surface area contributed by atoms with Gasteiger partial charge < -0.3 is 20.1 Å². The molecule has 0 aromatic rings. The second-order valence-electron chi connectivity index (χ2n) is 13.3. The lowest BCUT2D eigenvalue weighted by atomic mass is 10.1. The number of unbranched alkanes of at least 4 members (excludes halogenated alkanes) is 22. The van der Waals surface area contributed by atoms with Crippen LogP contribution in [0.2, 0.25) is 0 Å². The molecule has 0 spiro atoms. The minimum Gasteiger partial charge on any atom is -0.463 e. The van der Waals surface area contributed by atoms with Gasteiger partial charge in [0.1, 0.15) is 12.7 Å². The first-order chi connectivity index (χ1) is 23.3. The van der Waals surface area contributed by atoms with Crippen molar-refractivity contribution in [3.8, 4) is 0 Å². The van der Waals surface area contributed by atoms with Crippen LogP contribution in [0, 0.1) is 0 Å². The summed E-state index contributed by atoms with van der Waals surface area (Å²) < 4.78 is 26.8. The maximum Gasteiger partial charge on any atom is 0.472 e. The van der Waals surface area contributed by atoms with Crippen molar-refractivity contribution in [1.82, 2.24) is 5.32 Å². The largest absolute Gasteiger partial charge is 0.472 e. The molecule has 10 heteroatoms. The highest BCUT2D eigenvalue weighted by Crippen LogP contribution is 2.42. The summed E-state index contributed by atoms with van der Waals surface area (Å²) in [4.78, 5) is 33.7. The first-order valence-electron chi connectivity index (χ1n) is 19.7. The summed E-state index contributed by atoms with van der Waals surface area (Å²) in [6.07, 6.45) is 34.2. The van der Waals surface area contributed by atoms with E-state index in [0.717, 1.165) is 44.9 Å². The van der Waals surface area contributed by atoms with Crippen LogP contribution in [0.3, 0.4) is 0 Å². The highest BCUT2D eigenvalue weighted by atomic mass is 31.2. The first-order valence-corrected chi connectivity index (χ1v) is 21.2. The molecule has 0 aromatic carbocycles. The van der Waals surface area contributed by atoms with Gasteiger partial charge in [-0.25, -0.2) is 4.57 Å². The first kappa shape index (κ1) is 46.8. The van der Waals surface area contributed by atoms with E-state index in [2.05, 4.69) is 31.3 Å². The SMILES string of the molecule is CCCCCCCCC/C=C\CCCCCCCC(=O)NCCOP(=O)(O)OCC(O)COC(=O)CCCCCCCCCCCCC. The van der Waals surface area contributed by atoms with E-state index < -0.39 is 26.5 Å². The molecule has 1 amide bonds. The number of aliphatic hydroxyl groups is 1. The molecule has 9 nitrogen and oxygen atoms in total. The second-order valence-corrected chi connectivity index (χ2v) is 14.7. The normalized spacial score (nSPS) is 13.5. The van der Waals surface area contributed by atoms with Crippen LogP contribution in [-0.4, -0.2) is 54.3 Å². The second kappa shape index (κ2) is 35.6. The number of amides is 1. The Labute approximate surface area is 294 Å². The van der Waals surface area contributed by atoms with Gasteiger partial charge in [0.25, 0.3) is 0 Å². The Bertz CT molecular complexity index is 810. The van der Waals surface area contributed by atoms with E-state index >= 15 is 0 Å². The smallest absolute Gasteiger partial charge is 0.463 e. The number of hydrogen-bond acceptors (Lipinski definition) is 7. The number of ether oxygens (including phenoxy) is 1. The number of aliphatic hydroxyl groups excluding tert-OH is 1. The molecule has 0 aromatic heterocycles. The lowest BCUT2D eigenvalue weighted by Gasteiger charge is -2.15.